The van der Waals surface area contributed by atoms with Gasteiger partial charge in [0.2, 0.25) is 5.89 Å². The fourth-order valence-corrected chi connectivity index (χ4v) is 2.92. The number of hydrogen-bond donors (Lipinski definition) is 2. The van der Waals surface area contributed by atoms with Gasteiger partial charge >= 0.3 is 6.03 Å². The van der Waals surface area contributed by atoms with E-state index in [9.17, 15) is 4.79 Å². The molecule has 2 amide bonds. The summed E-state index contributed by atoms with van der Waals surface area (Å²) in [4.78, 5) is 17.0. The minimum Gasteiger partial charge on any atom is -0.495 e. The lowest BCUT2D eigenvalue weighted by Crippen LogP contribution is -2.20. The SMILES string of the molecule is COc1ccc(-c2nc3ccccc3o2)cc1NC(=O)Nc1ccccc1C. The van der Waals surface area contributed by atoms with Crippen molar-refractivity contribution in [3.63, 3.8) is 0 Å². The third kappa shape index (κ3) is 3.53. The Morgan fingerprint density at radius 2 is 1.71 bits per heavy atom. The molecule has 0 fully saturated rings. The molecule has 2 N–H and O–H groups in total. The van der Waals surface area contributed by atoms with Crippen molar-refractivity contribution >= 4 is 28.5 Å². The Morgan fingerprint density at radius 1 is 0.964 bits per heavy atom. The predicted octanol–water partition coefficient (Wildman–Crippen LogP) is 5.46. The first-order chi connectivity index (χ1) is 13.6. The number of nitrogens with one attached hydrogen (secondary N) is 2. The van der Waals surface area contributed by atoms with Gasteiger partial charge in [-0.05, 0) is 48.9 Å². The Morgan fingerprint density at radius 3 is 2.50 bits per heavy atom. The summed E-state index contributed by atoms with van der Waals surface area (Å²) in [6.45, 7) is 1.93. The standard InChI is InChI=1S/C22H19N3O3/c1-14-7-3-4-8-16(14)24-22(26)25-18-13-15(11-12-19(18)27-2)21-23-17-9-5-6-10-20(17)28-21/h3-13H,1-2H3,(H2,24,25,26). The Kier molecular flexibility index (Phi) is 4.68. The summed E-state index contributed by atoms with van der Waals surface area (Å²) in [7, 11) is 1.55. The molecule has 1 heterocycles. The molecule has 0 spiro atoms. The second-order valence-corrected chi connectivity index (χ2v) is 6.30. The van der Waals surface area contributed by atoms with E-state index in [2.05, 4.69) is 15.6 Å². The molecule has 0 radical (unpaired) electrons. The first-order valence-corrected chi connectivity index (χ1v) is 8.81. The average Bonchev–Trinajstić information content (AvgIpc) is 3.14. The molecule has 3 aromatic carbocycles. The molecule has 28 heavy (non-hydrogen) atoms. The molecule has 0 aliphatic rings. The third-order valence-electron chi connectivity index (χ3n) is 4.38. The summed E-state index contributed by atoms with van der Waals surface area (Å²) in [6.07, 6.45) is 0. The van der Waals surface area contributed by atoms with E-state index in [0.29, 0.717) is 22.9 Å². The first-order valence-electron chi connectivity index (χ1n) is 8.81. The zero-order chi connectivity index (χ0) is 19.5. The van der Waals surface area contributed by atoms with E-state index in [-0.39, 0.29) is 6.03 Å². The van der Waals surface area contributed by atoms with E-state index in [1.54, 1.807) is 19.2 Å². The number of amides is 2. The van der Waals surface area contributed by atoms with Crippen LogP contribution in [-0.2, 0) is 0 Å². The summed E-state index contributed by atoms with van der Waals surface area (Å²) in [6, 6.07) is 20.2. The predicted molar refractivity (Wildman–Crippen MR) is 110 cm³/mol. The van der Waals surface area contributed by atoms with Crippen molar-refractivity contribution in [1.29, 1.82) is 0 Å². The van der Waals surface area contributed by atoms with Gasteiger partial charge in [0.25, 0.3) is 0 Å². The third-order valence-corrected chi connectivity index (χ3v) is 4.38. The largest absolute Gasteiger partial charge is 0.495 e. The number of nitrogens with zero attached hydrogens (tertiary/aromatic N) is 1. The van der Waals surface area contributed by atoms with E-state index in [1.807, 2.05) is 61.5 Å². The molecule has 6 heteroatoms. The Labute approximate surface area is 162 Å². The van der Waals surface area contributed by atoms with Crippen molar-refractivity contribution in [1.82, 2.24) is 4.98 Å². The fraction of sp³-hybridized carbons (Fsp3) is 0.0909. The zero-order valence-corrected chi connectivity index (χ0v) is 15.5. The molecule has 4 rings (SSSR count). The summed E-state index contributed by atoms with van der Waals surface area (Å²) in [5.41, 5.74) is 4.47. The minimum absolute atomic E-state index is 0.359. The highest BCUT2D eigenvalue weighted by atomic mass is 16.5. The summed E-state index contributed by atoms with van der Waals surface area (Å²) < 4.78 is 11.2. The van der Waals surface area contributed by atoms with Crippen molar-refractivity contribution in [3.05, 3.63) is 72.3 Å². The van der Waals surface area contributed by atoms with Crippen LogP contribution in [0.2, 0.25) is 0 Å². The second kappa shape index (κ2) is 7.44. The van der Waals surface area contributed by atoms with E-state index in [4.69, 9.17) is 9.15 Å². The molecule has 0 bridgehead atoms. The zero-order valence-electron chi connectivity index (χ0n) is 15.5. The van der Waals surface area contributed by atoms with Crippen LogP contribution < -0.4 is 15.4 Å². The lowest BCUT2D eigenvalue weighted by Gasteiger charge is -2.13. The highest BCUT2D eigenvalue weighted by Crippen LogP contribution is 2.32. The first kappa shape index (κ1) is 17.6. The number of ether oxygens (including phenoxy) is 1. The van der Waals surface area contributed by atoms with Gasteiger partial charge in [-0.15, -0.1) is 0 Å². The van der Waals surface area contributed by atoms with Gasteiger partial charge in [0.15, 0.2) is 5.58 Å². The molecular weight excluding hydrogens is 354 g/mol. The fourth-order valence-electron chi connectivity index (χ4n) is 2.92. The molecule has 0 saturated heterocycles. The average molecular weight is 373 g/mol. The second-order valence-electron chi connectivity index (χ2n) is 6.30. The topological polar surface area (TPSA) is 76.4 Å². The van der Waals surface area contributed by atoms with Crippen LogP contribution in [-0.4, -0.2) is 18.1 Å². The van der Waals surface area contributed by atoms with Crippen LogP contribution >= 0.6 is 0 Å². The van der Waals surface area contributed by atoms with Crippen molar-refractivity contribution in [2.75, 3.05) is 17.7 Å². The van der Waals surface area contributed by atoms with Crippen molar-refractivity contribution in [2.24, 2.45) is 0 Å². The van der Waals surface area contributed by atoms with Crippen molar-refractivity contribution < 1.29 is 13.9 Å². The number of rotatable bonds is 4. The lowest BCUT2D eigenvalue weighted by molar-refractivity contribution is 0.262. The van der Waals surface area contributed by atoms with Gasteiger partial charge in [0.05, 0.1) is 12.8 Å². The molecule has 0 aliphatic carbocycles. The number of aryl methyl sites for hydroxylation is 1. The van der Waals surface area contributed by atoms with E-state index in [0.717, 1.165) is 22.3 Å². The summed E-state index contributed by atoms with van der Waals surface area (Å²) in [5.74, 6) is 1.02. The number of anilines is 2. The monoisotopic (exact) mass is 373 g/mol. The molecule has 6 nitrogen and oxygen atoms in total. The molecule has 0 unspecified atom stereocenters. The maximum atomic E-state index is 12.5. The van der Waals surface area contributed by atoms with Crippen LogP contribution in [0.5, 0.6) is 5.75 Å². The van der Waals surface area contributed by atoms with Gasteiger partial charge in [-0.2, -0.15) is 0 Å². The van der Waals surface area contributed by atoms with Crippen LogP contribution in [0.15, 0.2) is 71.1 Å². The van der Waals surface area contributed by atoms with Crippen LogP contribution in [0.25, 0.3) is 22.6 Å². The van der Waals surface area contributed by atoms with E-state index < -0.39 is 0 Å². The number of hydrogen-bond acceptors (Lipinski definition) is 4. The van der Waals surface area contributed by atoms with E-state index in [1.165, 1.54) is 0 Å². The molecular formula is C22H19N3O3. The number of fused-ring (bicyclic) bond motifs is 1. The molecule has 4 aromatic rings. The van der Waals surface area contributed by atoms with Gasteiger partial charge in [-0.25, -0.2) is 9.78 Å². The number of carbonyl (C=O) groups is 1. The van der Waals surface area contributed by atoms with Crippen LogP contribution in [0.1, 0.15) is 5.56 Å². The highest BCUT2D eigenvalue weighted by Gasteiger charge is 2.13. The van der Waals surface area contributed by atoms with Gasteiger partial charge in [-0.1, -0.05) is 30.3 Å². The number of carbonyl (C=O) groups excluding carboxylic acids is 1. The molecule has 1 aromatic heterocycles. The molecule has 0 atom stereocenters. The Balaban J connectivity index is 1.61. The van der Waals surface area contributed by atoms with Gasteiger partial charge in [0, 0.05) is 11.3 Å². The molecule has 0 aliphatic heterocycles. The van der Waals surface area contributed by atoms with Gasteiger partial charge in [-0.3, -0.25) is 0 Å². The summed E-state index contributed by atoms with van der Waals surface area (Å²) >= 11 is 0. The Bertz CT molecular complexity index is 1120. The normalized spacial score (nSPS) is 10.6. The number of oxazole rings is 1. The van der Waals surface area contributed by atoms with E-state index >= 15 is 0 Å². The number of aromatic nitrogens is 1. The number of methoxy groups -OCH3 is 1. The molecule has 140 valence electrons. The van der Waals surface area contributed by atoms with Crippen LogP contribution in [0, 0.1) is 6.92 Å². The quantitative estimate of drug-likeness (QED) is 0.498. The minimum atomic E-state index is -0.359. The maximum absolute atomic E-state index is 12.5. The number of para-hydroxylation sites is 3. The highest BCUT2D eigenvalue weighted by molar-refractivity contribution is 6.01. The smallest absolute Gasteiger partial charge is 0.323 e. The number of benzene rings is 3. The van der Waals surface area contributed by atoms with Crippen molar-refractivity contribution in [2.45, 2.75) is 6.92 Å². The lowest BCUT2D eigenvalue weighted by atomic mass is 10.2. The number of urea groups is 1. The van der Waals surface area contributed by atoms with Crippen LogP contribution in [0.3, 0.4) is 0 Å². The Hall–Kier alpha value is -3.80. The van der Waals surface area contributed by atoms with Gasteiger partial charge in [0.1, 0.15) is 11.3 Å². The van der Waals surface area contributed by atoms with Gasteiger partial charge < -0.3 is 19.8 Å². The van der Waals surface area contributed by atoms with Crippen molar-refractivity contribution in [3.8, 4) is 17.2 Å². The molecule has 0 saturated carbocycles. The maximum Gasteiger partial charge on any atom is 0.323 e. The van der Waals surface area contributed by atoms with Crippen LogP contribution in [0.4, 0.5) is 16.2 Å². The summed E-state index contributed by atoms with van der Waals surface area (Å²) in [5, 5.41) is 5.68.